The van der Waals surface area contributed by atoms with Gasteiger partial charge in [0.25, 0.3) is 0 Å². The van der Waals surface area contributed by atoms with Crippen molar-refractivity contribution in [3.05, 3.63) is 18.2 Å². The van der Waals surface area contributed by atoms with E-state index in [-0.39, 0.29) is 5.91 Å². The molecule has 106 valence electrons. The molecule has 2 saturated heterocycles. The van der Waals surface area contributed by atoms with Gasteiger partial charge < -0.3 is 10.6 Å². The van der Waals surface area contributed by atoms with Crippen molar-refractivity contribution in [2.75, 3.05) is 29.5 Å². The Labute approximate surface area is 123 Å². The highest BCUT2D eigenvalue weighted by atomic mass is 32.2. The first-order valence-corrected chi connectivity index (χ1v) is 8.35. The lowest BCUT2D eigenvalue weighted by atomic mass is 10.1. The molecular weight excluding hydrogens is 270 g/mol. The van der Waals surface area contributed by atoms with Crippen LogP contribution in [0.4, 0.5) is 11.4 Å². The maximum atomic E-state index is 11.5. The number of carbonyl (C=O) groups is 1. The van der Waals surface area contributed by atoms with Crippen LogP contribution in [0.5, 0.6) is 0 Å². The lowest BCUT2D eigenvalue weighted by Crippen LogP contribution is -2.33. The largest absolute Gasteiger partial charge is 0.381 e. The molecule has 2 N–H and O–H groups in total. The first-order chi connectivity index (χ1) is 9.79. The lowest BCUT2D eigenvalue weighted by Gasteiger charge is -2.23. The fourth-order valence-electron chi connectivity index (χ4n) is 3.64. The molecule has 1 aromatic rings. The van der Waals surface area contributed by atoms with Crippen molar-refractivity contribution in [2.45, 2.75) is 36.2 Å². The number of nitrogens with one attached hydrogen (secondary N) is 2. The SMILES string of the molecule is O=C1CSc2ccc(NC3CCN4CCCC34)cc2N1. The molecule has 0 radical (unpaired) electrons. The van der Waals surface area contributed by atoms with Crippen molar-refractivity contribution in [3.63, 3.8) is 0 Å². The second-order valence-corrected chi connectivity index (χ2v) is 6.85. The van der Waals surface area contributed by atoms with Crippen molar-refractivity contribution in [1.82, 2.24) is 4.90 Å². The first kappa shape index (κ1) is 12.5. The van der Waals surface area contributed by atoms with Crippen molar-refractivity contribution in [1.29, 1.82) is 0 Å². The average molecular weight is 289 g/mol. The van der Waals surface area contributed by atoms with Crippen LogP contribution in [0, 0.1) is 0 Å². The molecule has 2 fully saturated rings. The predicted molar refractivity (Wildman–Crippen MR) is 82.4 cm³/mol. The molecule has 3 heterocycles. The Kier molecular flexibility index (Phi) is 3.11. The van der Waals surface area contributed by atoms with Gasteiger partial charge in [-0.2, -0.15) is 0 Å². The van der Waals surface area contributed by atoms with Crippen LogP contribution in [-0.4, -0.2) is 41.7 Å². The number of benzene rings is 1. The highest BCUT2D eigenvalue weighted by molar-refractivity contribution is 8.00. The summed E-state index contributed by atoms with van der Waals surface area (Å²) < 4.78 is 0. The zero-order valence-electron chi connectivity index (χ0n) is 11.4. The minimum Gasteiger partial charge on any atom is -0.381 e. The highest BCUT2D eigenvalue weighted by Gasteiger charge is 2.37. The Bertz CT molecular complexity index is 548. The molecule has 0 bridgehead atoms. The molecule has 0 spiro atoms. The summed E-state index contributed by atoms with van der Waals surface area (Å²) in [6, 6.07) is 7.60. The fourth-order valence-corrected chi connectivity index (χ4v) is 4.43. The molecule has 0 aliphatic carbocycles. The molecule has 4 nitrogen and oxygen atoms in total. The van der Waals surface area contributed by atoms with Gasteiger partial charge in [-0.1, -0.05) is 0 Å². The Morgan fingerprint density at radius 1 is 1.30 bits per heavy atom. The highest BCUT2D eigenvalue weighted by Crippen LogP contribution is 2.35. The van der Waals surface area contributed by atoms with E-state index < -0.39 is 0 Å². The summed E-state index contributed by atoms with van der Waals surface area (Å²) in [5.74, 6) is 0.627. The smallest absolute Gasteiger partial charge is 0.234 e. The molecule has 2 atom stereocenters. The van der Waals surface area contributed by atoms with Gasteiger partial charge >= 0.3 is 0 Å². The maximum Gasteiger partial charge on any atom is 0.234 e. The topological polar surface area (TPSA) is 44.4 Å². The van der Waals surface area contributed by atoms with E-state index in [1.807, 2.05) is 0 Å². The lowest BCUT2D eigenvalue weighted by molar-refractivity contribution is -0.113. The van der Waals surface area contributed by atoms with Crippen LogP contribution in [0.2, 0.25) is 0 Å². The summed E-state index contributed by atoms with van der Waals surface area (Å²) >= 11 is 1.62. The van der Waals surface area contributed by atoms with Gasteiger partial charge in [0, 0.05) is 29.2 Å². The second-order valence-electron chi connectivity index (χ2n) is 5.83. The Morgan fingerprint density at radius 3 is 3.20 bits per heavy atom. The van der Waals surface area contributed by atoms with E-state index in [1.54, 1.807) is 11.8 Å². The van der Waals surface area contributed by atoms with Crippen LogP contribution < -0.4 is 10.6 Å². The minimum atomic E-state index is 0.0995. The van der Waals surface area contributed by atoms with Gasteiger partial charge in [0.05, 0.1) is 11.4 Å². The number of hydrogen-bond acceptors (Lipinski definition) is 4. The van der Waals surface area contributed by atoms with Gasteiger partial charge in [0.1, 0.15) is 0 Å². The molecule has 4 rings (SSSR count). The molecule has 5 heteroatoms. The summed E-state index contributed by atoms with van der Waals surface area (Å²) in [4.78, 5) is 15.2. The predicted octanol–water partition coefficient (Wildman–Crippen LogP) is 2.38. The zero-order valence-corrected chi connectivity index (χ0v) is 12.2. The van der Waals surface area contributed by atoms with Gasteiger partial charge in [0.2, 0.25) is 5.91 Å². The van der Waals surface area contributed by atoms with E-state index in [4.69, 9.17) is 0 Å². The van der Waals surface area contributed by atoms with Crippen molar-refractivity contribution < 1.29 is 4.79 Å². The van der Waals surface area contributed by atoms with Crippen LogP contribution in [0.1, 0.15) is 19.3 Å². The summed E-state index contributed by atoms with van der Waals surface area (Å²) in [5, 5.41) is 6.64. The molecule has 0 aromatic heterocycles. The van der Waals surface area contributed by atoms with E-state index in [1.165, 1.54) is 37.2 Å². The van der Waals surface area contributed by atoms with Crippen LogP contribution in [-0.2, 0) is 4.79 Å². The van der Waals surface area contributed by atoms with E-state index in [0.717, 1.165) is 11.4 Å². The summed E-state index contributed by atoms with van der Waals surface area (Å²) in [7, 11) is 0. The molecule has 3 aliphatic rings. The van der Waals surface area contributed by atoms with Crippen molar-refractivity contribution in [2.24, 2.45) is 0 Å². The molecule has 3 aliphatic heterocycles. The number of nitrogens with zero attached hydrogens (tertiary/aromatic N) is 1. The van der Waals surface area contributed by atoms with E-state index in [0.29, 0.717) is 17.8 Å². The fraction of sp³-hybridized carbons (Fsp3) is 0.533. The van der Waals surface area contributed by atoms with Gasteiger partial charge in [-0.15, -0.1) is 11.8 Å². The average Bonchev–Trinajstić information content (AvgIpc) is 3.03. The third-order valence-electron chi connectivity index (χ3n) is 4.57. The monoisotopic (exact) mass is 289 g/mol. The van der Waals surface area contributed by atoms with E-state index in [9.17, 15) is 4.79 Å². The summed E-state index contributed by atoms with van der Waals surface area (Å²) in [6.07, 6.45) is 3.87. The zero-order chi connectivity index (χ0) is 13.5. The van der Waals surface area contributed by atoms with Crippen LogP contribution in [0.3, 0.4) is 0 Å². The first-order valence-electron chi connectivity index (χ1n) is 7.37. The standard InChI is InChI=1S/C15H19N3OS/c19-15-9-20-14-4-3-10(8-12(14)17-15)16-11-5-7-18-6-1-2-13(11)18/h3-4,8,11,13,16H,1-2,5-7,9H2,(H,17,19). The summed E-state index contributed by atoms with van der Waals surface area (Å²) in [6.45, 7) is 2.49. The molecule has 20 heavy (non-hydrogen) atoms. The Morgan fingerprint density at radius 2 is 2.25 bits per heavy atom. The number of rotatable bonds is 2. The molecular formula is C15H19N3OS. The third-order valence-corrected chi connectivity index (χ3v) is 5.64. The normalized spacial score (nSPS) is 28.9. The number of amides is 1. The van der Waals surface area contributed by atoms with Crippen LogP contribution >= 0.6 is 11.8 Å². The minimum absolute atomic E-state index is 0.0995. The molecule has 1 amide bonds. The van der Waals surface area contributed by atoms with Crippen LogP contribution in [0.25, 0.3) is 0 Å². The number of fused-ring (bicyclic) bond motifs is 2. The third kappa shape index (κ3) is 2.19. The Balaban J connectivity index is 1.52. The number of anilines is 2. The van der Waals surface area contributed by atoms with Crippen molar-refractivity contribution in [3.8, 4) is 0 Å². The van der Waals surface area contributed by atoms with Gasteiger partial charge in [-0.25, -0.2) is 0 Å². The molecule has 2 unspecified atom stereocenters. The van der Waals surface area contributed by atoms with E-state index in [2.05, 4.69) is 33.7 Å². The van der Waals surface area contributed by atoms with E-state index >= 15 is 0 Å². The number of hydrogen-bond donors (Lipinski definition) is 2. The van der Waals surface area contributed by atoms with Crippen LogP contribution in [0.15, 0.2) is 23.1 Å². The number of thioether (sulfide) groups is 1. The maximum absolute atomic E-state index is 11.5. The van der Waals surface area contributed by atoms with Gasteiger partial charge in [-0.3, -0.25) is 9.69 Å². The van der Waals surface area contributed by atoms with Crippen molar-refractivity contribution >= 4 is 29.0 Å². The second kappa shape index (κ2) is 4.97. The van der Waals surface area contributed by atoms with Gasteiger partial charge in [0.15, 0.2) is 0 Å². The van der Waals surface area contributed by atoms with Gasteiger partial charge in [-0.05, 0) is 44.0 Å². The number of carbonyl (C=O) groups excluding carboxylic acids is 1. The quantitative estimate of drug-likeness (QED) is 0.877. The summed E-state index contributed by atoms with van der Waals surface area (Å²) in [5.41, 5.74) is 2.09. The molecule has 1 aromatic carbocycles. The Hall–Kier alpha value is -1.20. The molecule has 0 saturated carbocycles.